The third-order valence-electron chi connectivity index (χ3n) is 2.11. The average molecular weight is 301 g/mol. The van der Waals surface area contributed by atoms with Crippen LogP contribution in [0.25, 0.3) is 10.7 Å². The molecule has 0 aromatic carbocycles. The molecule has 0 amide bonds. The van der Waals surface area contributed by atoms with E-state index < -0.39 is 10.1 Å². The third-order valence-corrected chi connectivity index (χ3v) is 4.08. The molecule has 19 heavy (non-hydrogen) atoms. The van der Waals surface area contributed by atoms with E-state index in [2.05, 4.69) is 15.0 Å². The molecule has 0 aliphatic rings. The van der Waals surface area contributed by atoms with Crippen LogP contribution in [0.3, 0.4) is 0 Å². The fourth-order valence-corrected chi connectivity index (χ4v) is 2.34. The Bertz CT molecular complexity index is 652. The lowest BCUT2D eigenvalue weighted by molar-refractivity contribution is 0.396. The molecule has 2 rings (SSSR count). The van der Waals surface area contributed by atoms with E-state index in [9.17, 15) is 8.42 Å². The predicted octanol–water partition coefficient (Wildman–Crippen LogP) is 1.34. The van der Waals surface area contributed by atoms with Gasteiger partial charge < -0.3 is 8.92 Å². The highest BCUT2D eigenvalue weighted by molar-refractivity contribution is 7.87. The largest absolute Gasteiger partial charge is 0.480 e. The number of aromatic nitrogens is 3. The molecule has 0 atom stereocenters. The Hall–Kier alpha value is -1.74. The molecule has 9 heteroatoms. The van der Waals surface area contributed by atoms with Gasteiger partial charge in [0.15, 0.2) is 0 Å². The van der Waals surface area contributed by atoms with Crippen LogP contribution in [-0.4, -0.2) is 36.2 Å². The maximum Gasteiger partial charge on any atom is 0.310 e. The molecule has 0 spiro atoms. The molecule has 0 saturated carbocycles. The molecule has 2 aromatic rings. The van der Waals surface area contributed by atoms with Crippen LogP contribution in [0.2, 0.25) is 0 Å². The van der Waals surface area contributed by atoms with Crippen molar-refractivity contribution in [3.63, 3.8) is 0 Å². The van der Waals surface area contributed by atoms with Crippen molar-refractivity contribution in [2.45, 2.75) is 6.92 Å². The second kappa shape index (κ2) is 5.49. The van der Waals surface area contributed by atoms with Gasteiger partial charge in [0.1, 0.15) is 10.7 Å². The Labute approximate surface area is 114 Å². The van der Waals surface area contributed by atoms with Crippen LogP contribution < -0.4 is 8.92 Å². The summed E-state index contributed by atoms with van der Waals surface area (Å²) in [6.45, 7) is 1.50. The number of methoxy groups -OCH3 is 1. The third kappa shape index (κ3) is 3.38. The van der Waals surface area contributed by atoms with Gasteiger partial charge in [-0.1, -0.05) is 0 Å². The second-order valence-electron chi connectivity index (χ2n) is 3.36. The summed E-state index contributed by atoms with van der Waals surface area (Å²) in [6, 6.07) is 0. The number of hydrogen-bond donors (Lipinski definition) is 0. The molecule has 0 fully saturated rings. The summed E-state index contributed by atoms with van der Waals surface area (Å²) >= 11 is 1.22. The number of thiazole rings is 1. The minimum Gasteiger partial charge on any atom is -0.480 e. The van der Waals surface area contributed by atoms with E-state index in [1.807, 2.05) is 0 Å². The van der Waals surface area contributed by atoms with Gasteiger partial charge in [0, 0.05) is 0 Å². The highest BCUT2D eigenvalue weighted by atomic mass is 32.2. The maximum absolute atomic E-state index is 11.3. The Morgan fingerprint density at radius 1 is 1.26 bits per heavy atom. The molecule has 0 saturated heterocycles. The van der Waals surface area contributed by atoms with Crippen molar-refractivity contribution in [3.8, 4) is 22.5 Å². The minimum absolute atomic E-state index is 0.0412. The van der Waals surface area contributed by atoms with Crippen molar-refractivity contribution in [3.05, 3.63) is 17.8 Å². The van der Waals surface area contributed by atoms with Crippen LogP contribution in [-0.2, 0) is 10.1 Å². The first-order chi connectivity index (χ1) is 9.04. The highest BCUT2D eigenvalue weighted by Crippen LogP contribution is 2.26. The van der Waals surface area contributed by atoms with Gasteiger partial charge in [-0.05, 0) is 6.92 Å². The zero-order valence-electron chi connectivity index (χ0n) is 10.2. The van der Waals surface area contributed by atoms with Gasteiger partial charge in [-0.2, -0.15) is 13.4 Å². The summed E-state index contributed by atoms with van der Waals surface area (Å²) in [4.78, 5) is 12.1. The summed E-state index contributed by atoms with van der Waals surface area (Å²) in [5.41, 5.74) is 0.523. The molecule has 0 bridgehead atoms. The highest BCUT2D eigenvalue weighted by Gasteiger charge is 2.14. The van der Waals surface area contributed by atoms with Gasteiger partial charge in [0.25, 0.3) is 0 Å². The quantitative estimate of drug-likeness (QED) is 0.769. The van der Waals surface area contributed by atoms with Gasteiger partial charge in [0.2, 0.25) is 11.8 Å². The summed E-state index contributed by atoms with van der Waals surface area (Å²) in [5.74, 6) is 0.326. The van der Waals surface area contributed by atoms with Crippen LogP contribution in [0.4, 0.5) is 0 Å². The first kappa shape index (κ1) is 13.7. The summed E-state index contributed by atoms with van der Waals surface area (Å²) in [5, 5.41) is 2.03. The SMILES string of the molecule is CCS(=O)(=O)Oc1csc(-c2cnc(OC)cn2)n1. The lowest BCUT2D eigenvalue weighted by atomic mass is 10.5. The Balaban J connectivity index is 2.20. The van der Waals surface area contributed by atoms with E-state index in [0.717, 1.165) is 0 Å². The number of ether oxygens (including phenoxy) is 1. The number of nitrogens with zero attached hydrogens (tertiary/aromatic N) is 3. The molecular formula is C10H11N3O4S2. The van der Waals surface area contributed by atoms with E-state index in [1.165, 1.54) is 43.1 Å². The lowest BCUT2D eigenvalue weighted by Crippen LogP contribution is -2.11. The van der Waals surface area contributed by atoms with E-state index in [-0.39, 0.29) is 11.6 Å². The smallest absolute Gasteiger partial charge is 0.310 e. The number of rotatable bonds is 5. The molecule has 0 aliphatic carbocycles. The molecule has 0 radical (unpaired) electrons. The lowest BCUT2D eigenvalue weighted by Gasteiger charge is -2.00. The number of hydrogen-bond acceptors (Lipinski definition) is 8. The van der Waals surface area contributed by atoms with Crippen molar-refractivity contribution in [1.29, 1.82) is 0 Å². The fraction of sp³-hybridized carbons (Fsp3) is 0.300. The Kier molecular flexibility index (Phi) is 3.96. The molecular weight excluding hydrogens is 290 g/mol. The molecule has 0 N–H and O–H groups in total. The van der Waals surface area contributed by atoms with Gasteiger partial charge in [-0.3, -0.25) is 0 Å². The first-order valence-electron chi connectivity index (χ1n) is 5.28. The Morgan fingerprint density at radius 2 is 2.05 bits per heavy atom. The van der Waals surface area contributed by atoms with Crippen molar-refractivity contribution >= 4 is 21.5 Å². The zero-order valence-corrected chi connectivity index (χ0v) is 11.9. The van der Waals surface area contributed by atoms with E-state index >= 15 is 0 Å². The van der Waals surface area contributed by atoms with Crippen LogP contribution in [0, 0.1) is 0 Å². The molecule has 0 aliphatic heterocycles. The molecule has 0 unspecified atom stereocenters. The standard InChI is InChI=1S/C10H11N3O4S2/c1-3-19(14,15)17-9-6-18-10(13-9)7-4-12-8(16-2)5-11-7/h4-6H,3H2,1-2H3. The fourth-order valence-electron chi connectivity index (χ4n) is 1.14. The molecule has 2 aromatic heterocycles. The summed E-state index contributed by atoms with van der Waals surface area (Å²) < 4.78 is 32.3. The van der Waals surface area contributed by atoms with E-state index in [1.54, 1.807) is 0 Å². The van der Waals surface area contributed by atoms with Crippen LogP contribution in [0.5, 0.6) is 11.8 Å². The summed E-state index contributed by atoms with van der Waals surface area (Å²) in [6.07, 6.45) is 2.95. The van der Waals surface area contributed by atoms with Crippen molar-refractivity contribution in [2.24, 2.45) is 0 Å². The van der Waals surface area contributed by atoms with Gasteiger partial charge in [-0.15, -0.1) is 11.3 Å². The molecule has 102 valence electrons. The minimum atomic E-state index is -3.56. The second-order valence-corrected chi connectivity index (χ2v) is 6.08. The van der Waals surface area contributed by atoms with Crippen molar-refractivity contribution in [1.82, 2.24) is 15.0 Å². The monoisotopic (exact) mass is 301 g/mol. The van der Waals surface area contributed by atoms with Crippen molar-refractivity contribution in [2.75, 3.05) is 12.9 Å². The van der Waals surface area contributed by atoms with Gasteiger partial charge in [0.05, 0.1) is 30.6 Å². The van der Waals surface area contributed by atoms with Gasteiger partial charge >= 0.3 is 10.1 Å². The molecule has 2 heterocycles. The van der Waals surface area contributed by atoms with E-state index in [0.29, 0.717) is 16.6 Å². The summed E-state index contributed by atoms with van der Waals surface area (Å²) in [7, 11) is -2.07. The van der Waals surface area contributed by atoms with Crippen molar-refractivity contribution < 1.29 is 17.3 Å². The van der Waals surface area contributed by atoms with E-state index in [4.69, 9.17) is 8.92 Å². The van der Waals surface area contributed by atoms with Crippen LogP contribution in [0.15, 0.2) is 17.8 Å². The Morgan fingerprint density at radius 3 is 2.63 bits per heavy atom. The van der Waals surface area contributed by atoms with Crippen LogP contribution in [0.1, 0.15) is 6.92 Å². The predicted molar refractivity (Wildman–Crippen MR) is 69.8 cm³/mol. The zero-order chi connectivity index (χ0) is 13.9. The van der Waals surface area contributed by atoms with Crippen LogP contribution >= 0.6 is 11.3 Å². The average Bonchev–Trinajstić information content (AvgIpc) is 2.86. The normalized spacial score (nSPS) is 11.3. The maximum atomic E-state index is 11.3. The first-order valence-corrected chi connectivity index (χ1v) is 7.74. The van der Waals surface area contributed by atoms with Gasteiger partial charge in [-0.25, -0.2) is 9.97 Å². The molecule has 7 nitrogen and oxygen atoms in total. The topological polar surface area (TPSA) is 91.3 Å².